The summed E-state index contributed by atoms with van der Waals surface area (Å²) >= 11 is 0. The highest BCUT2D eigenvalue weighted by Gasteiger charge is 2.11. The summed E-state index contributed by atoms with van der Waals surface area (Å²) in [6.07, 6.45) is 1.75. The van der Waals surface area contributed by atoms with Gasteiger partial charge in [-0.05, 0) is 47.9 Å². The Hall–Kier alpha value is -3.43. The third-order valence-electron chi connectivity index (χ3n) is 4.94. The van der Waals surface area contributed by atoms with Gasteiger partial charge in [0.2, 0.25) is 10.0 Å². The molecule has 0 aliphatic rings. The molecule has 3 rings (SSSR count). The molecule has 0 saturated carbocycles. The second kappa shape index (κ2) is 10.7. The molecule has 0 bridgehead atoms. The number of nitrogens with zero attached hydrogens (tertiary/aromatic N) is 2. The van der Waals surface area contributed by atoms with Crippen molar-refractivity contribution in [3.05, 3.63) is 89.6 Å². The van der Waals surface area contributed by atoms with Crippen molar-refractivity contribution in [1.29, 1.82) is 0 Å². The fraction of sp³-hybridized carbons (Fsp3) is 0.217. The largest absolute Gasteiger partial charge is 0.351 e. The van der Waals surface area contributed by atoms with Crippen molar-refractivity contribution in [3.63, 3.8) is 0 Å². The number of aryl methyl sites for hydroxylation is 1. The first kappa shape index (κ1) is 23.2. The van der Waals surface area contributed by atoms with E-state index in [-0.39, 0.29) is 17.5 Å². The number of aromatic nitrogens is 1. The highest BCUT2D eigenvalue weighted by atomic mass is 32.2. The molecule has 3 aromatic rings. The summed E-state index contributed by atoms with van der Waals surface area (Å²) in [5.41, 5.74) is 2.70. The molecule has 9 heteroatoms. The number of carbonyl (C=O) groups excluding carboxylic acids is 1. The SMILES string of the molecule is Cc1cc(S(N)(=O)=O)ccc1CNC(=O)NCCN(Cc1ccccc1)c1ccccn1. The number of urea groups is 1. The maximum absolute atomic E-state index is 12.3. The Morgan fingerprint density at radius 3 is 2.44 bits per heavy atom. The Kier molecular flexibility index (Phi) is 7.80. The zero-order valence-corrected chi connectivity index (χ0v) is 18.7. The maximum Gasteiger partial charge on any atom is 0.315 e. The van der Waals surface area contributed by atoms with Crippen LogP contribution in [0.25, 0.3) is 0 Å². The van der Waals surface area contributed by atoms with E-state index in [1.54, 1.807) is 19.2 Å². The zero-order valence-electron chi connectivity index (χ0n) is 17.9. The molecule has 0 unspecified atom stereocenters. The minimum atomic E-state index is -3.75. The van der Waals surface area contributed by atoms with Gasteiger partial charge >= 0.3 is 6.03 Å². The van der Waals surface area contributed by atoms with E-state index in [2.05, 4.69) is 32.7 Å². The summed E-state index contributed by atoms with van der Waals surface area (Å²) in [7, 11) is -3.75. The smallest absolute Gasteiger partial charge is 0.315 e. The number of benzene rings is 2. The monoisotopic (exact) mass is 453 g/mol. The lowest BCUT2D eigenvalue weighted by Gasteiger charge is -2.24. The van der Waals surface area contributed by atoms with Crippen LogP contribution in [0.5, 0.6) is 0 Å². The number of hydrogen-bond acceptors (Lipinski definition) is 5. The molecule has 0 saturated heterocycles. The van der Waals surface area contributed by atoms with Gasteiger partial charge in [0, 0.05) is 32.4 Å². The van der Waals surface area contributed by atoms with Crippen LogP contribution in [0.2, 0.25) is 0 Å². The number of carbonyl (C=O) groups is 1. The average molecular weight is 454 g/mol. The molecule has 0 aliphatic heterocycles. The highest BCUT2D eigenvalue weighted by Crippen LogP contribution is 2.15. The maximum atomic E-state index is 12.3. The normalized spacial score (nSPS) is 11.1. The molecular weight excluding hydrogens is 426 g/mol. The van der Waals surface area contributed by atoms with Gasteiger partial charge in [-0.2, -0.15) is 0 Å². The summed E-state index contributed by atoms with van der Waals surface area (Å²) in [5, 5.41) is 10.8. The van der Waals surface area contributed by atoms with Crippen molar-refractivity contribution in [3.8, 4) is 0 Å². The van der Waals surface area contributed by atoms with Gasteiger partial charge in [0.15, 0.2) is 0 Å². The number of primary sulfonamides is 1. The van der Waals surface area contributed by atoms with Gasteiger partial charge in [-0.25, -0.2) is 23.3 Å². The van der Waals surface area contributed by atoms with Crippen LogP contribution in [-0.4, -0.2) is 32.5 Å². The summed E-state index contributed by atoms with van der Waals surface area (Å²) in [6, 6.07) is 20.1. The number of pyridine rings is 1. The topological polar surface area (TPSA) is 117 Å². The summed E-state index contributed by atoms with van der Waals surface area (Å²) in [6.45, 7) is 3.74. The minimum absolute atomic E-state index is 0.0521. The molecule has 1 aromatic heterocycles. The molecule has 1 heterocycles. The number of anilines is 1. The lowest BCUT2D eigenvalue weighted by Crippen LogP contribution is -2.40. The Labute approximate surface area is 188 Å². The fourth-order valence-corrected chi connectivity index (χ4v) is 3.80. The molecule has 168 valence electrons. The first-order valence-electron chi connectivity index (χ1n) is 10.2. The van der Waals surface area contributed by atoms with Crippen LogP contribution >= 0.6 is 0 Å². The van der Waals surface area contributed by atoms with Crippen LogP contribution in [0.15, 0.2) is 77.8 Å². The van der Waals surface area contributed by atoms with Crippen LogP contribution in [0, 0.1) is 6.92 Å². The molecule has 32 heavy (non-hydrogen) atoms. The fourth-order valence-electron chi connectivity index (χ4n) is 3.21. The third kappa shape index (κ3) is 6.79. The highest BCUT2D eigenvalue weighted by molar-refractivity contribution is 7.89. The van der Waals surface area contributed by atoms with E-state index in [9.17, 15) is 13.2 Å². The van der Waals surface area contributed by atoms with Crippen molar-refractivity contribution in [2.75, 3.05) is 18.0 Å². The number of amides is 2. The van der Waals surface area contributed by atoms with E-state index in [0.717, 1.165) is 22.5 Å². The van der Waals surface area contributed by atoms with Crippen molar-refractivity contribution < 1.29 is 13.2 Å². The molecule has 2 aromatic carbocycles. The first-order valence-corrected chi connectivity index (χ1v) is 11.7. The second-order valence-electron chi connectivity index (χ2n) is 7.34. The molecule has 4 N–H and O–H groups in total. The second-order valence-corrected chi connectivity index (χ2v) is 8.90. The first-order chi connectivity index (χ1) is 15.3. The summed E-state index contributed by atoms with van der Waals surface area (Å²) in [4.78, 5) is 18.8. The van der Waals surface area contributed by atoms with Crippen molar-refractivity contribution in [1.82, 2.24) is 15.6 Å². The van der Waals surface area contributed by atoms with Gasteiger partial charge in [-0.1, -0.05) is 42.5 Å². The van der Waals surface area contributed by atoms with Crippen LogP contribution in [-0.2, 0) is 23.1 Å². The summed E-state index contributed by atoms with van der Waals surface area (Å²) in [5.74, 6) is 0.837. The predicted molar refractivity (Wildman–Crippen MR) is 125 cm³/mol. The Balaban J connectivity index is 1.53. The number of nitrogens with one attached hydrogen (secondary N) is 2. The molecule has 0 aliphatic carbocycles. The van der Waals surface area contributed by atoms with Gasteiger partial charge in [-0.3, -0.25) is 0 Å². The Bertz CT molecular complexity index is 1140. The average Bonchev–Trinajstić information content (AvgIpc) is 2.78. The van der Waals surface area contributed by atoms with E-state index in [0.29, 0.717) is 19.6 Å². The van der Waals surface area contributed by atoms with Crippen LogP contribution < -0.4 is 20.7 Å². The lowest BCUT2D eigenvalue weighted by molar-refractivity contribution is 0.240. The minimum Gasteiger partial charge on any atom is -0.351 e. The quantitative estimate of drug-likeness (QED) is 0.460. The molecule has 0 atom stereocenters. The van der Waals surface area contributed by atoms with Crippen LogP contribution in [0.3, 0.4) is 0 Å². The Morgan fingerprint density at radius 2 is 1.78 bits per heavy atom. The number of hydrogen-bond donors (Lipinski definition) is 3. The van der Waals surface area contributed by atoms with Crippen molar-refractivity contribution in [2.24, 2.45) is 5.14 Å². The standard InChI is InChI=1S/C23H27N5O3S/c1-18-15-21(32(24,30)31)11-10-20(18)16-27-23(29)26-13-14-28(22-9-5-6-12-25-22)17-19-7-3-2-4-8-19/h2-12,15H,13-14,16-17H2,1H3,(H2,24,30,31)(H2,26,27,29). The van der Waals surface area contributed by atoms with Crippen LogP contribution in [0.4, 0.5) is 10.6 Å². The van der Waals surface area contributed by atoms with E-state index in [4.69, 9.17) is 5.14 Å². The Morgan fingerprint density at radius 1 is 1.03 bits per heavy atom. The number of nitrogens with two attached hydrogens (primary N) is 1. The number of sulfonamides is 1. The van der Waals surface area contributed by atoms with Gasteiger partial charge in [0.05, 0.1) is 4.90 Å². The van der Waals surface area contributed by atoms with Gasteiger partial charge in [0.1, 0.15) is 5.82 Å². The molecule has 0 fully saturated rings. The van der Waals surface area contributed by atoms with E-state index in [1.165, 1.54) is 12.1 Å². The number of rotatable bonds is 9. The van der Waals surface area contributed by atoms with Crippen molar-refractivity contribution in [2.45, 2.75) is 24.9 Å². The molecule has 8 nitrogen and oxygen atoms in total. The van der Waals surface area contributed by atoms with Gasteiger partial charge in [-0.15, -0.1) is 0 Å². The molecular formula is C23H27N5O3S. The van der Waals surface area contributed by atoms with Crippen LogP contribution in [0.1, 0.15) is 16.7 Å². The van der Waals surface area contributed by atoms with Crippen molar-refractivity contribution >= 4 is 21.9 Å². The van der Waals surface area contributed by atoms with E-state index >= 15 is 0 Å². The van der Waals surface area contributed by atoms with E-state index in [1.807, 2.05) is 36.4 Å². The molecule has 0 spiro atoms. The van der Waals surface area contributed by atoms with Gasteiger partial charge < -0.3 is 15.5 Å². The zero-order chi connectivity index (χ0) is 23.0. The van der Waals surface area contributed by atoms with E-state index < -0.39 is 10.0 Å². The lowest BCUT2D eigenvalue weighted by atomic mass is 10.1. The van der Waals surface area contributed by atoms with Gasteiger partial charge in [0.25, 0.3) is 0 Å². The summed E-state index contributed by atoms with van der Waals surface area (Å²) < 4.78 is 22.9. The third-order valence-corrected chi connectivity index (χ3v) is 5.85. The predicted octanol–water partition coefficient (Wildman–Crippen LogP) is 2.54. The molecule has 0 radical (unpaired) electrons. The molecule has 2 amide bonds.